The van der Waals surface area contributed by atoms with Crippen LogP contribution in [-0.4, -0.2) is 30.1 Å². The fourth-order valence-corrected chi connectivity index (χ4v) is 3.58. The van der Waals surface area contributed by atoms with Crippen LogP contribution in [0, 0.1) is 6.92 Å². The number of carboxylic acid groups (broad SMARTS) is 1. The fraction of sp³-hybridized carbons (Fsp3) is 0.227. The molecule has 0 aliphatic rings. The minimum absolute atomic E-state index is 0.0684. The molecule has 0 spiro atoms. The molecule has 31 heavy (non-hydrogen) atoms. The van der Waals surface area contributed by atoms with Crippen molar-refractivity contribution in [3.63, 3.8) is 0 Å². The van der Waals surface area contributed by atoms with Crippen molar-refractivity contribution < 1.29 is 23.8 Å². The van der Waals surface area contributed by atoms with E-state index >= 15 is 0 Å². The van der Waals surface area contributed by atoms with Crippen molar-refractivity contribution in [3.8, 4) is 5.75 Å². The normalized spacial score (nSPS) is 11.9. The number of aryl methyl sites for hydroxylation is 1. The van der Waals surface area contributed by atoms with E-state index in [1.54, 1.807) is 37.3 Å². The molecule has 1 amide bonds. The smallest absolute Gasteiger partial charge is 0.340 e. The van der Waals surface area contributed by atoms with E-state index in [4.69, 9.17) is 32.4 Å². The summed E-state index contributed by atoms with van der Waals surface area (Å²) in [6, 6.07) is 8.58. The molecule has 0 saturated heterocycles. The Labute approximate surface area is 187 Å². The number of carbonyl (C=O) groups excluding carboxylic acids is 1. The lowest BCUT2D eigenvalue weighted by atomic mass is 10.0. The quantitative estimate of drug-likeness (QED) is 0.516. The number of carboxylic acids is 1. The van der Waals surface area contributed by atoms with E-state index in [-0.39, 0.29) is 24.0 Å². The van der Waals surface area contributed by atoms with E-state index in [0.717, 1.165) is 0 Å². The van der Waals surface area contributed by atoms with Crippen molar-refractivity contribution in [2.45, 2.75) is 25.8 Å². The van der Waals surface area contributed by atoms with Crippen LogP contribution in [0.25, 0.3) is 11.0 Å². The average Bonchev–Trinajstić information content (AvgIpc) is 2.72. The zero-order chi connectivity index (χ0) is 22.7. The van der Waals surface area contributed by atoms with Gasteiger partial charge in [0.05, 0.1) is 24.1 Å². The van der Waals surface area contributed by atoms with Crippen LogP contribution in [-0.2, 0) is 22.4 Å². The number of ether oxygens (including phenoxy) is 1. The van der Waals surface area contributed by atoms with Gasteiger partial charge in [-0.3, -0.25) is 4.79 Å². The summed E-state index contributed by atoms with van der Waals surface area (Å²) in [4.78, 5) is 36.6. The molecule has 3 aromatic rings. The van der Waals surface area contributed by atoms with Crippen molar-refractivity contribution >= 4 is 46.0 Å². The number of hydrogen-bond acceptors (Lipinski definition) is 5. The van der Waals surface area contributed by atoms with Crippen molar-refractivity contribution in [1.29, 1.82) is 0 Å². The molecular weight excluding hydrogens is 445 g/mol. The summed E-state index contributed by atoms with van der Waals surface area (Å²) in [7, 11) is 1.44. The van der Waals surface area contributed by atoms with Crippen molar-refractivity contribution in [2.75, 3.05) is 7.11 Å². The Kier molecular flexibility index (Phi) is 6.87. The lowest BCUT2D eigenvalue weighted by molar-refractivity contribution is -0.141. The van der Waals surface area contributed by atoms with Gasteiger partial charge in [0.2, 0.25) is 5.91 Å². The Hall–Kier alpha value is -3.03. The molecule has 2 N–H and O–H groups in total. The van der Waals surface area contributed by atoms with Crippen LogP contribution in [0.2, 0.25) is 10.0 Å². The maximum Gasteiger partial charge on any atom is 0.340 e. The third kappa shape index (κ3) is 5.18. The summed E-state index contributed by atoms with van der Waals surface area (Å²) in [6.45, 7) is 1.67. The van der Waals surface area contributed by atoms with E-state index in [0.29, 0.717) is 32.3 Å². The van der Waals surface area contributed by atoms with E-state index in [1.165, 1.54) is 13.2 Å². The van der Waals surface area contributed by atoms with E-state index in [2.05, 4.69) is 5.32 Å². The molecule has 1 unspecified atom stereocenters. The van der Waals surface area contributed by atoms with Gasteiger partial charge < -0.3 is 19.6 Å². The summed E-state index contributed by atoms with van der Waals surface area (Å²) >= 11 is 12.0. The van der Waals surface area contributed by atoms with Gasteiger partial charge in [0.25, 0.3) is 0 Å². The maximum atomic E-state index is 12.6. The standard InChI is InChI=1S/C22H19Cl2NO6/c1-11-14-8-16(24)19(30-2)10-18(14)31-22(29)15(11)9-20(26)25-17(21(27)28)7-12-3-5-13(23)6-4-12/h3-6,8,10,17H,7,9H2,1-2H3,(H,25,26)(H,27,28). The van der Waals surface area contributed by atoms with Gasteiger partial charge in [-0.25, -0.2) is 9.59 Å². The molecule has 3 rings (SSSR count). The predicted molar refractivity (Wildman–Crippen MR) is 117 cm³/mol. The molecule has 162 valence electrons. The number of nitrogens with one attached hydrogen (secondary N) is 1. The first-order valence-corrected chi connectivity index (χ1v) is 10.0. The van der Waals surface area contributed by atoms with Gasteiger partial charge in [-0.1, -0.05) is 35.3 Å². The van der Waals surface area contributed by atoms with E-state index < -0.39 is 23.5 Å². The number of rotatable bonds is 7. The second-order valence-corrected chi connectivity index (χ2v) is 7.79. The van der Waals surface area contributed by atoms with Gasteiger partial charge in [-0.05, 0) is 36.2 Å². The fourth-order valence-electron chi connectivity index (χ4n) is 3.21. The number of benzene rings is 2. The molecular formula is C22H19Cl2NO6. The SMILES string of the molecule is COc1cc2oc(=O)c(CC(=O)NC(Cc3ccc(Cl)cc3)C(=O)O)c(C)c2cc1Cl. The molecule has 1 atom stereocenters. The largest absolute Gasteiger partial charge is 0.495 e. The number of carbonyl (C=O) groups is 2. The molecule has 0 aliphatic carbocycles. The van der Waals surface area contributed by atoms with Crippen LogP contribution < -0.4 is 15.7 Å². The van der Waals surface area contributed by atoms with Crippen LogP contribution in [0.5, 0.6) is 5.75 Å². The maximum absolute atomic E-state index is 12.6. The van der Waals surface area contributed by atoms with Gasteiger partial charge in [0, 0.05) is 22.9 Å². The van der Waals surface area contributed by atoms with Gasteiger partial charge in [0.1, 0.15) is 17.4 Å². The van der Waals surface area contributed by atoms with E-state index in [1.807, 2.05) is 0 Å². The van der Waals surface area contributed by atoms with Gasteiger partial charge in [-0.2, -0.15) is 0 Å². The molecule has 0 fully saturated rings. The minimum atomic E-state index is -1.19. The van der Waals surface area contributed by atoms with Crippen molar-refractivity contribution in [1.82, 2.24) is 5.32 Å². The highest BCUT2D eigenvalue weighted by atomic mass is 35.5. The molecule has 0 aliphatic heterocycles. The number of amides is 1. The third-order valence-corrected chi connectivity index (χ3v) is 5.43. The highest BCUT2D eigenvalue weighted by Gasteiger charge is 2.23. The molecule has 9 heteroatoms. The number of fused-ring (bicyclic) bond motifs is 1. The van der Waals surface area contributed by atoms with E-state index in [9.17, 15) is 19.5 Å². The summed E-state index contributed by atoms with van der Waals surface area (Å²) < 4.78 is 10.5. The van der Waals surface area contributed by atoms with Crippen LogP contribution in [0.4, 0.5) is 0 Å². The predicted octanol–water partition coefficient (Wildman–Crippen LogP) is 3.77. The minimum Gasteiger partial charge on any atom is -0.495 e. The van der Waals surface area contributed by atoms with Gasteiger partial charge in [-0.15, -0.1) is 0 Å². The summed E-state index contributed by atoms with van der Waals surface area (Å²) in [6.07, 6.45) is -0.267. The third-order valence-electron chi connectivity index (χ3n) is 4.88. The Morgan fingerprint density at radius 1 is 1.19 bits per heavy atom. The summed E-state index contributed by atoms with van der Waals surface area (Å²) in [5, 5.41) is 13.4. The highest BCUT2D eigenvalue weighted by Crippen LogP contribution is 2.31. The average molecular weight is 464 g/mol. The molecule has 0 saturated carbocycles. The molecule has 7 nitrogen and oxygen atoms in total. The second kappa shape index (κ2) is 9.41. The second-order valence-electron chi connectivity index (χ2n) is 6.94. The Balaban J connectivity index is 1.83. The summed E-state index contributed by atoms with van der Waals surface area (Å²) in [5.74, 6) is -1.45. The number of hydrogen-bond donors (Lipinski definition) is 2. The first-order valence-electron chi connectivity index (χ1n) is 9.26. The van der Waals surface area contributed by atoms with Gasteiger partial charge >= 0.3 is 11.6 Å². The summed E-state index contributed by atoms with van der Waals surface area (Å²) in [5.41, 5.74) is 0.938. The highest BCUT2D eigenvalue weighted by molar-refractivity contribution is 6.32. The zero-order valence-electron chi connectivity index (χ0n) is 16.7. The first kappa shape index (κ1) is 22.7. The van der Waals surface area contributed by atoms with Crippen LogP contribution >= 0.6 is 23.2 Å². The molecule has 0 bridgehead atoms. The first-order chi connectivity index (χ1) is 14.7. The van der Waals surface area contributed by atoms with Crippen molar-refractivity contribution in [3.05, 3.63) is 73.6 Å². The molecule has 1 aromatic heterocycles. The molecule has 1 heterocycles. The molecule has 0 radical (unpaired) electrons. The number of aliphatic carboxylic acids is 1. The number of methoxy groups -OCH3 is 1. The van der Waals surface area contributed by atoms with Crippen LogP contribution in [0.15, 0.2) is 45.6 Å². The Morgan fingerprint density at radius 3 is 2.48 bits per heavy atom. The lowest BCUT2D eigenvalue weighted by Crippen LogP contribution is -2.43. The van der Waals surface area contributed by atoms with Crippen molar-refractivity contribution in [2.24, 2.45) is 0 Å². The number of halogens is 2. The van der Waals surface area contributed by atoms with Crippen LogP contribution in [0.1, 0.15) is 16.7 Å². The lowest BCUT2D eigenvalue weighted by Gasteiger charge is -2.15. The Bertz CT molecular complexity index is 1200. The molecule has 2 aromatic carbocycles. The monoisotopic (exact) mass is 463 g/mol. The zero-order valence-corrected chi connectivity index (χ0v) is 18.2. The van der Waals surface area contributed by atoms with Gasteiger partial charge in [0.15, 0.2) is 0 Å². The Morgan fingerprint density at radius 2 is 1.87 bits per heavy atom. The van der Waals surface area contributed by atoms with Crippen LogP contribution in [0.3, 0.4) is 0 Å². The topological polar surface area (TPSA) is 106 Å².